The van der Waals surface area contributed by atoms with Crippen molar-refractivity contribution in [2.24, 2.45) is 0 Å². The molecule has 0 aliphatic carbocycles. The summed E-state index contributed by atoms with van der Waals surface area (Å²) in [5.41, 5.74) is -0.223. The lowest BCUT2D eigenvalue weighted by Crippen LogP contribution is -2.36. The minimum atomic E-state index is -0.223. The molecule has 0 amide bonds. The van der Waals surface area contributed by atoms with Gasteiger partial charge >= 0.3 is 0 Å². The molecule has 1 aromatic heterocycles. The van der Waals surface area contributed by atoms with Gasteiger partial charge < -0.3 is 14.6 Å². The average Bonchev–Trinajstić information content (AvgIpc) is 2.97. The van der Waals surface area contributed by atoms with Crippen LogP contribution in [0, 0.1) is 0 Å². The quantitative estimate of drug-likeness (QED) is 0.888. The van der Waals surface area contributed by atoms with E-state index in [2.05, 4.69) is 33.9 Å². The number of nitrogens with one attached hydrogen (secondary N) is 1. The molecule has 5 nitrogen and oxygen atoms in total. The first-order valence-electron chi connectivity index (χ1n) is 7.05. The molecule has 3 heterocycles. The van der Waals surface area contributed by atoms with Crippen molar-refractivity contribution < 1.29 is 4.74 Å². The van der Waals surface area contributed by atoms with E-state index >= 15 is 0 Å². The summed E-state index contributed by atoms with van der Waals surface area (Å²) in [6.07, 6.45) is 4.45. The SMILES string of the molecule is CCCC1NCCn2c1nnc2C1(C)CCCO1. The van der Waals surface area contributed by atoms with Gasteiger partial charge in [-0.2, -0.15) is 0 Å². The molecule has 0 spiro atoms. The number of fused-ring (bicyclic) bond motifs is 1. The zero-order valence-corrected chi connectivity index (χ0v) is 11.3. The van der Waals surface area contributed by atoms with E-state index in [0.29, 0.717) is 6.04 Å². The molecule has 2 aliphatic rings. The third kappa shape index (κ3) is 1.86. The van der Waals surface area contributed by atoms with Crippen molar-refractivity contribution in [3.63, 3.8) is 0 Å². The lowest BCUT2D eigenvalue weighted by Gasteiger charge is -2.28. The van der Waals surface area contributed by atoms with Crippen LogP contribution < -0.4 is 5.32 Å². The van der Waals surface area contributed by atoms with Crippen LogP contribution in [0.15, 0.2) is 0 Å². The van der Waals surface area contributed by atoms with Gasteiger partial charge in [0.1, 0.15) is 11.4 Å². The van der Waals surface area contributed by atoms with Crippen LogP contribution in [0.5, 0.6) is 0 Å². The molecule has 1 fully saturated rings. The predicted molar refractivity (Wildman–Crippen MR) is 68.2 cm³/mol. The molecule has 5 heteroatoms. The summed E-state index contributed by atoms with van der Waals surface area (Å²) in [7, 11) is 0. The molecule has 0 bridgehead atoms. The number of hydrogen-bond donors (Lipinski definition) is 1. The van der Waals surface area contributed by atoms with Crippen LogP contribution in [-0.2, 0) is 16.9 Å². The Morgan fingerprint density at radius 2 is 2.39 bits per heavy atom. The van der Waals surface area contributed by atoms with Gasteiger partial charge in [0.2, 0.25) is 0 Å². The molecule has 1 saturated heterocycles. The van der Waals surface area contributed by atoms with Gasteiger partial charge in [-0.15, -0.1) is 10.2 Å². The third-order valence-electron chi connectivity index (χ3n) is 4.09. The highest BCUT2D eigenvalue weighted by Crippen LogP contribution is 2.36. The summed E-state index contributed by atoms with van der Waals surface area (Å²) in [4.78, 5) is 0. The van der Waals surface area contributed by atoms with Gasteiger partial charge in [-0.05, 0) is 26.2 Å². The van der Waals surface area contributed by atoms with E-state index in [-0.39, 0.29) is 5.60 Å². The molecular formula is C13H22N4O. The zero-order valence-electron chi connectivity index (χ0n) is 11.3. The van der Waals surface area contributed by atoms with Crippen LogP contribution in [0.25, 0.3) is 0 Å². The Hall–Kier alpha value is -0.940. The second-order valence-electron chi connectivity index (χ2n) is 5.51. The van der Waals surface area contributed by atoms with Crippen LogP contribution in [0.4, 0.5) is 0 Å². The second kappa shape index (κ2) is 4.63. The smallest absolute Gasteiger partial charge is 0.165 e. The fourth-order valence-electron chi connectivity index (χ4n) is 3.10. The molecule has 1 aromatic rings. The van der Waals surface area contributed by atoms with E-state index < -0.39 is 0 Å². The number of ether oxygens (including phenoxy) is 1. The highest BCUT2D eigenvalue weighted by molar-refractivity contribution is 5.11. The lowest BCUT2D eigenvalue weighted by molar-refractivity contribution is 0.00565. The molecule has 2 unspecified atom stereocenters. The molecule has 0 saturated carbocycles. The molecule has 1 N–H and O–H groups in total. The number of hydrogen-bond acceptors (Lipinski definition) is 4. The Labute approximate surface area is 108 Å². The first-order chi connectivity index (χ1) is 8.74. The normalized spacial score (nSPS) is 31.6. The summed E-state index contributed by atoms with van der Waals surface area (Å²) in [5, 5.41) is 12.4. The van der Waals surface area contributed by atoms with Gasteiger partial charge in [-0.3, -0.25) is 0 Å². The van der Waals surface area contributed by atoms with Gasteiger partial charge in [0.15, 0.2) is 5.82 Å². The van der Waals surface area contributed by atoms with Gasteiger partial charge in [-0.25, -0.2) is 0 Å². The Morgan fingerprint density at radius 1 is 1.50 bits per heavy atom. The van der Waals surface area contributed by atoms with E-state index in [9.17, 15) is 0 Å². The summed E-state index contributed by atoms with van der Waals surface area (Å²) in [6.45, 7) is 7.15. The number of nitrogens with zero attached hydrogens (tertiary/aromatic N) is 3. The predicted octanol–water partition coefficient (Wildman–Crippen LogP) is 1.75. The van der Waals surface area contributed by atoms with E-state index in [1.807, 2.05) is 0 Å². The molecule has 18 heavy (non-hydrogen) atoms. The average molecular weight is 250 g/mol. The van der Waals surface area contributed by atoms with Crippen LogP contribution in [0.1, 0.15) is 57.2 Å². The van der Waals surface area contributed by atoms with Crippen molar-refractivity contribution in [2.45, 2.75) is 57.7 Å². The van der Waals surface area contributed by atoms with Crippen LogP contribution in [0.3, 0.4) is 0 Å². The maximum Gasteiger partial charge on any atom is 0.165 e. The molecule has 2 atom stereocenters. The Morgan fingerprint density at radius 3 is 3.11 bits per heavy atom. The lowest BCUT2D eigenvalue weighted by atomic mass is 10.0. The van der Waals surface area contributed by atoms with Crippen LogP contribution in [-0.4, -0.2) is 27.9 Å². The Kier molecular flexibility index (Phi) is 3.11. The first-order valence-corrected chi connectivity index (χ1v) is 7.05. The minimum Gasteiger partial charge on any atom is -0.367 e. The van der Waals surface area contributed by atoms with E-state index in [1.54, 1.807) is 0 Å². The van der Waals surface area contributed by atoms with Crippen LogP contribution >= 0.6 is 0 Å². The van der Waals surface area contributed by atoms with Gasteiger partial charge in [-0.1, -0.05) is 13.3 Å². The highest BCUT2D eigenvalue weighted by atomic mass is 16.5. The van der Waals surface area contributed by atoms with Crippen molar-refractivity contribution >= 4 is 0 Å². The highest BCUT2D eigenvalue weighted by Gasteiger charge is 2.39. The third-order valence-corrected chi connectivity index (χ3v) is 4.09. The molecule has 2 aliphatic heterocycles. The van der Waals surface area contributed by atoms with Gasteiger partial charge in [0.05, 0.1) is 6.04 Å². The van der Waals surface area contributed by atoms with Crippen LogP contribution in [0.2, 0.25) is 0 Å². The monoisotopic (exact) mass is 250 g/mol. The molecular weight excluding hydrogens is 228 g/mol. The first kappa shape index (κ1) is 12.1. The molecule has 3 rings (SSSR count). The largest absolute Gasteiger partial charge is 0.367 e. The fraction of sp³-hybridized carbons (Fsp3) is 0.846. The van der Waals surface area contributed by atoms with Crippen molar-refractivity contribution in [2.75, 3.05) is 13.2 Å². The van der Waals surface area contributed by atoms with E-state index in [1.165, 1.54) is 0 Å². The zero-order chi connectivity index (χ0) is 12.6. The summed E-state index contributed by atoms with van der Waals surface area (Å²) < 4.78 is 8.18. The Bertz CT molecular complexity index is 423. The van der Waals surface area contributed by atoms with Crippen molar-refractivity contribution in [3.05, 3.63) is 11.6 Å². The molecule has 0 aromatic carbocycles. The number of aromatic nitrogens is 3. The number of rotatable bonds is 3. The maximum atomic E-state index is 5.90. The van der Waals surface area contributed by atoms with E-state index in [4.69, 9.17) is 4.74 Å². The summed E-state index contributed by atoms with van der Waals surface area (Å²) in [6, 6.07) is 0.356. The Balaban J connectivity index is 1.94. The van der Waals surface area contributed by atoms with E-state index in [0.717, 1.165) is 57.0 Å². The molecule has 100 valence electrons. The topological polar surface area (TPSA) is 52.0 Å². The second-order valence-corrected chi connectivity index (χ2v) is 5.51. The van der Waals surface area contributed by atoms with Gasteiger partial charge in [0.25, 0.3) is 0 Å². The minimum absolute atomic E-state index is 0.223. The summed E-state index contributed by atoms with van der Waals surface area (Å²) in [5.74, 6) is 2.12. The van der Waals surface area contributed by atoms with Gasteiger partial charge in [0, 0.05) is 19.7 Å². The molecule has 0 radical (unpaired) electrons. The fourth-order valence-corrected chi connectivity index (χ4v) is 3.10. The summed E-state index contributed by atoms with van der Waals surface area (Å²) >= 11 is 0. The maximum absolute atomic E-state index is 5.90. The standard InChI is InChI=1S/C13H22N4O/c1-3-5-10-11-15-16-12(17(11)8-7-14-10)13(2)6-4-9-18-13/h10,14H,3-9H2,1-2H3. The van der Waals surface area contributed by atoms with Crippen molar-refractivity contribution in [1.82, 2.24) is 20.1 Å². The van der Waals surface area contributed by atoms with Crippen molar-refractivity contribution in [3.8, 4) is 0 Å². The van der Waals surface area contributed by atoms with Crippen molar-refractivity contribution in [1.29, 1.82) is 0 Å².